The third-order valence-corrected chi connectivity index (χ3v) is 19.6. The maximum absolute atomic E-state index is 7.24. The fourth-order valence-corrected chi connectivity index (χ4v) is 17.0. The van der Waals surface area contributed by atoms with E-state index in [0.717, 1.165) is 21.9 Å². The first-order chi connectivity index (χ1) is 33.1. The number of hydrogen-bond acceptors (Lipinski definition) is 0. The molecule has 12 aromatic rings. The fourth-order valence-electron chi connectivity index (χ4n) is 9.29. The molecule has 0 N–H and O–H groups in total. The van der Waals surface area contributed by atoms with Crippen LogP contribution >= 0.6 is 15.8 Å². The zero-order valence-electron chi connectivity index (χ0n) is 37.6. The van der Waals surface area contributed by atoms with Gasteiger partial charge in [-0.3, -0.25) is 11.8 Å². The first kappa shape index (κ1) is 49.1. The standard InChI is InChI=1S/C25H22P2.2C20H11.2Au/c1-5-13-22(14-6-1)26(23-15-7-2-8-16-23)21-27(24-17-9-3-10-18-24)25-19-11-4-12-20-25;2*1-2-14-7-10-18-16(13-14)9-12-19-17-6-4-3-5-15(17)8-11-20(18)19;;/h1-20H,21H2;2*3-13H;;/q;2*-1;2*+1/p+2. The van der Waals surface area contributed by atoms with Crippen LogP contribution in [0.5, 0.6) is 0 Å². The smallest absolute Gasteiger partial charge is 0.366 e. The maximum atomic E-state index is 7.24. The van der Waals surface area contributed by atoms with Crippen LogP contribution in [0.4, 0.5) is 0 Å². The van der Waals surface area contributed by atoms with Gasteiger partial charge in [-0.1, -0.05) is 182 Å². The van der Waals surface area contributed by atoms with Crippen molar-refractivity contribution in [3.63, 3.8) is 0 Å². The molecule has 12 rings (SSSR count). The van der Waals surface area contributed by atoms with Gasteiger partial charge in [0.15, 0.2) is 5.90 Å². The van der Waals surface area contributed by atoms with Crippen molar-refractivity contribution in [2.45, 2.75) is 0 Å². The molecular formula is C65H46Au2P2+2. The van der Waals surface area contributed by atoms with E-state index in [1.807, 2.05) is 24.3 Å². The molecule has 0 spiro atoms. The van der Waals surface area contributed by atoms with Gasteiger partial charge in [-0.2, -0.15) is 0 Å². The van der Waals surface area contributed by atoms with E-state index in [0.29, 0.717) is 0 Å². The van der Waals surface area contributed by atoms with Crippen LogP contribution in [0.3, 0.4) is 0 Å². The fraction of sp³-hybridized carbons (Fsp3) is 0.0154. The van der Waals surface area contributed by atoms with Gasteiger partial charge in [0.25, 0.3) is 0 Å². The summed E-state index contributed by atoms with van der Waals surface area (Å²) in [7, 11) is -1.69. The molecule has 0 bridgehead atoms. The average molecular weight is 1280 g/mol. The van der Waals surface area contributed by atoms with Crippen LogP contribution < -0.4 is 21.2 Å². The van der Waals surface area contributed by atoms with Gasteiger partial charge in [0.1, 0.15) is 37.1 Å². The van der Waals surface area contributed by atoms with E-state index in [9.17, 15) is 0 Å². The van der Waals surface area contributed by atoms with Crippen LogP contribution in [0.1, 0.15) is 11.1 Å². The van der Waals surface area contributed by atoms with E-state index in [1.165, 1.54) is 81.0 Å². The summed E-state index contributed by atoms with van der Waals surface area (Å²) >= 11 is 0. The van der Waals surface area contributed by atoms with E-state index < -0.39 is 15.8 Å². The normalized spacial score (nSPS) is 10.7. The van der Waals surface area contributed by atoms with Crippen LogP contribution in [0.2, 0.25) is 0 Å². The molecule has 0 fully saturated rings. The molecule has 336 valence electrons. The molecule has 0 atom stereocenters. The van der Waals surface area contributed by atoms with Gasteiger partial charge in [0, 0.05) is 0 Å². The maximum Gasteiger partial charge on any atom is 1.00 e. The zero-order chi connectivity index (χ0) is 45.4. The largest absolute Gasteiger partial charge is 1.00 e. The van der Waals surface area contributed by atoms with Gasteiger partial charge >= 0.3 is 44.8 Å². The first-order valence-electron chi connectivity index (χ1n) is 22.6. The Kier molecular flexibility index (Phi) is 16.6. The van der Waals surface area contributed by atoms with Gasteiger partial charge in [0.05, 0.1) is 0 Å². The van der Waals surface area contributed by atoms with Crippen LogP contribution in [-0.4, -0.2) is 5.90 Å². The number of benzene rings is 12. The molecule has 0 saturated carbocycles. The van der Waals surface area contributed by atoms with Crippen molar-refractivity contribution in [1.82, 2.24) is 0 Å². The van der Waals surface area contributed by atoms with Crippen molar-refractivity contribution in [3.05, 3.63) is 279 Å². The molecule has 0 amide bonds. The van der Waals surface area contributed by atoms with Crippen molar-refractivity contribution < 1.29 is 44.8 Å². The topological polar surface area (TPSA) is 0 Å². The Morgan fingerprint density at radius 3 is 0.841 bits per heavy atom. The Labute approximate surface area is 439 Å². The van der Waals surface area contributed by atoms with Gasteiger partial charge < -0.3 is 12.8 Å². The third-order valence-electron chi connectivity index (χ3n) is 12.6. The molecule has 0 nitrogen and oxygen atoms in total. The summed E-state index contributed by atoms with van der Waals surface area (Å²) in [6.07, 6.45) is 14.5. The second-order valence-corrected chi connectivity index (χ2v) is 22.3. The van der Waals surface area contributed by atoms with E-state index in [-0.39, 0.29) is 44.8 Å². The van der Waals surface area contributed by atoms with E-state index in [1.54, 1.807) is 0 Å². The summed E-state index contributed by atoms with van der Waals surface area (Å²) in [5.74, 6) is 6.14. The number of rotatable bonds is 6. The van der Waals surface area contributed by atoms with Crippen molar-refractivity contribution in [1.29, 1.82) is 0 Å². The van der Waals surface area contributed by atoms with Crippen LogP contribution in [0.15, 0.2) is 255 Å². The third kappa shape index (κ3) is 10.9. The molecule has 69 heavy (non-hydrogen) atoms. The number of hydrogen-bond donors (Lipinski definition) is 0. The Balaban J connectivity index is 0.000000140. The molecule has 0 aliphatic rings. The molecule has 0 aromatic heterocycles. The summed E-state index contributed by atoms with van der Waals surface area (Å²) in [6.45, 7) is 0. The quantitative estimate of drug-likeness (QED) is 0.0512. The predicted molar refractivity (Wildman–Crippen MR) is 296 cm³/mol. The minimum Gasteiger partial charge on any atom is -0.366 e. The minimum atomic E-state index is -0.847. The van der Waals surface area contributed by atoms with Crippen molar-refractivity contribution in [3.8, 4) is 11.8 Å². The summed E-state index contributed by atoms with van der Waals surface area (Å²) in [4.78, 5) is 0. The molecular weight excluding hydrogens is 1240 g/mol. The average Bonchev–Trinajstić information content (AvgIpc) is 3.41. The second kappa shape index (κ2) is 23.3. The molecule has 0 unspecified atom stereocenters. The molecule has 4 heteroatoms. The molecule has 0 aliphatic carbocycles. The summed E-state index contributed by atoms with van der Waals surface area (Å²) < 4.78 is 0. The summed E-state index contributed by atoms with van der Waals surface area (Å²) in [6, 6.07) is 90.8. The Hall–Kier alpha value is -6.34. The number of fused-ring (bicyclic) bond motifs is 10. The second-order valence-electron chi connectivity index (χ2n) is 16.6. The van der Waals surface area contributed by atoms with E-state index in [2.05, 4.69) is 242 Å². The van der Waals surface area contributed by atoms with Crippen LogP contribution in [0, 0.1) is 24.7 Å². The zero-order valence-corrected chi connectivity index (χ0v) is 43.9. The van der Waals surface area contributed by atoms with Gasteiger partial charge in [-0.15, -0.1) is 35.4 Å². The molecule has 0 saturated heterocycles. The molecule has 12 aromatic carbocycles. The van der Waals surface area contributed by atoms with Crippen LogP contribution in [-0.2, 0) is 44.8 Å². The SMILES string of the molecule is [Au+].[Au+].[C-]#Cc1ccc2c(ccc3c4ccccc4ccc23)c1.[C-]#Cc1ccc2c(ccc3c4ccccc4ccc23)c1.c1ccc([PH+](C[PH+](c2ccccc2)c2ccccc2)c2ccccc2)cc1. The monoisotopic (exact) mass is 1280 g/mol. The first-order valence-corrected chi connectivity index (χ1v) is 26.0. The molecule has 0 heterocycles. The minimum absolute atomic E-state index is 0. The Bertz CT molecular complexity index is 3420. The molecule has 0 radical (unpaired) electrons. The molecule has 0 aliphatic heterocycles. The predicted octanol–water partition coefficient (Wildman–Crippen LogP) is 14.8. The van der Waals surface area contributed by atoms with Crippen molar-refractivity contribution >= 4 is 102 Å². The van der Waals surface area contributed by atoms with Gasteiger partial charge in [-0.25, -0.2) is 0 Å². The van der Waals surface area contributed by atoms with Crippen molar-refractivity contribution in [2.75, 3.05) is 5.90 Å². The van der Waals surface area contributed by atoms with Gasteiger partial charge in [-0.05, 0) is 113 Å². The van der Waals surface area contributed by atoms with Crippen molar-refractivity contribution in [2.24, 2.45) is 0 Å². The van der Waals surface area contributed by atoms with Gasteiger partial charge in [0.2, 0.25) is 0 Å². The Morgan fingerprint density at radius 1 is 0.261 bits per heavy atom. The van der Waals surface area contributed by atoms with E-state index in [4.69, 9.17) is 12.8 Å². The van der Waals surface area contributed by atoms with E-state index >= 15 is 0 Å². The van der Waals surface area contributed by atoms with Crippen LogP contribution in [0.25, 0.3) is 64.6 Å². The summed E-state index contributed by atoms with van der Waals surface area (Å²) in [5, 5.41) is 21.0. The Morgan fingerprint density at radius 2 is 0.522 bits per heavy atom. The summed E-state index contributed by atoms with van der Waals surface area (Å²) in [5.41, 5.74) is 1.63.